The zero-order valence-electron chi connectivity index (χ0n) is 26.0. The second-order valence-electron chi connectivity index (χ2n) is 13.4. The molecule has 0 fully saturated rings. The lowest BCUT2D eigenvalue weighted by Gasteiger charge is -2.29. The summed E-state index contributed by atoms with van der Waals surface area (Å²) >= 11 is 0. The molecule has 9 heteroatoms. The molecule has 0 aliphatic rings. The van der Waals surface area contributed by atoms with Crippen LogP contribution in [0.3, 0.4) is 0 Å². The van der Waals surface area contributed by atoms with Crippen LogP contribution >= 0.6 is 0 Å². The van der Waals surface area contributed by atoms with E-state index in [0.717, 1.165) is 44.9 Å². The number of methoxy groups -OCH3 is 1. The summed E-state index contributed by atoms with van der Waals surface area (Å²) in [6.45, 7) is 19.7. The number of nitriles is 1. The Kier molecular flexibility index (Phi) is 8.14. The van der Waals surface area contributed by atoms with E-state index in [4.69, 9.17) is 19.2 Å². The lowest BCUT2D eigenvalue weighted by molar-refractivity contribution is 0.0544. The van der Waals surface area contributed by atoms with E-state index in [-0.39, 0.29) is 0 Å². The summed E-state index contributed by atoms with van der Waals surface area (Å²) in [7, 11) is 0.389. The Labute approximate surface area is 243 Å². The third kappa shape index (κ3) is 6.19. The maximum absolute atomic E-state index is 13.2. The van der Waals surface area contributed by atoms with Gasteiger partial charge in [0.1, 0.15) is 23.9 Å². The summed E-state index contributed by atoms with van der Waals surface area (Å²) in [4.78, 5) is 18.3. The van der Waals surface area contributed by atoms with Crippen LogP contribution < -0.4 is 4.74 Å². The van der Waals surface area contributed by atoms with Crippen LogP contribution in [0.5, 0.6) is 5.75 Å². The Bertz CT molecular complexity index is 1640. The van der Waals surface area contributed by atoms with Crippen molar-refractivity contribution < 1.29 is 19.0 Å². The number of aromatic nitrogens is 3. The summed E-state index contributed by atoms with van der Waals surface area (Å²) in [6.07, 6.45) is 1.32. The van der Waals surface area contributed by atoms with Gasteiger partial charge in [-0.25, -0.2) is 9.78 Å². The molecule has 2 aromatic heterocycles. The van der Waals surface area contributed by atoms with Gasteiger partial charge in [-0.3, -0.25) is 4.57 Å². The molecule has 0 atom stereocenters. The van der Waals surface area contributed by atoms with Crippen molar-refractivity contribution in [1.29, 1.82) is 5.26 Å². The minimum absolute atomic E-state index is 0.310. The van der Waals surface area contributed by atoms with E-state index in [2.05, 4.69) is 44.1 Å². The van der Waals surface area contributed by atoms with Crippen molar-refractivity contribution in [3.8, 4) is 11.8 Å². The molecule has 4 aromatic rings. The first-order chi connectivity index (χ1) is 19.1. The molecule has 2 aromatic carbocycles. The fraction of sp³-hybridized carbons (Fsp3) is 0.469. The van der Waals surface area contributed by atoms with Crippen LogP contribution in [0.15, 0.2) is 36.5 Å². The highest BCUT2D eigenvalue weighted by Gasteiger charge is 2.36. The third-order valence-electron chi connectivity index (χ3n) is 7.21. The minimum atomic E-state index is -1.27. The predicted molar refractivity (Wildman–Crippen MR) is 166 cm³/mol. The Balaban J connectivity index is 1.91. The van der Waals surface area contributed by atoms with Crippen molar-refractivity contribution >= 4 is 36.1 Å². The molecular formula is C32H42N4O4Si. The number of carbonyl (C=O) groups is 1. The molecule has 0 amide bonds. The van der Waals surface area contributed by atoms with Gasteiger partial charge in [-0.2, -0.15) is 5.26 Å². The first kappa shape index (κ1) is 30.3. The van der Waals surface area contributed by atoms with E-state index >= 15 is 0 Å². The van der Waals surface area contributed by atoms with E-state index in [0.29, 0.717) is 24.7 Å². The lowest BCUT2D eigenvalue weighted by atomic mass is 9.80. The molecule has 0 unspecified atom stereocenters. The van der Waals surface area contributed by atoms with Gasteiger partial charge in [0.25, 0.3) is 0 Å². The van der Waals surface area contributed by atoms with E-state index in [1.165, 1.54) is 0 Å². The largest absolute Gasteiger partial charge is 0.496 e. The molecule has 0 aliphatic heterocycles. The standard InChI is InChI=1S/C32H42N4O4Si/c1-21-17-26(38-7)27(23-13-14-35(28(21)23)30(37)40-31(2,3)4)32(5,6)29-34-24-12-11-22(19-33)18-25(24)36(29)20-39-15-16-41(8,9)10/h11-14,17-18H,15-16,20H2,1-10H3. The number of ether oxygens (including phenoxy) is 3. The summed E-state index contributed by atoms with van der Waals surface area (Å²) in [5, 5.41) is 10.5. The average Bonchev–Trinajstić information content (AvgIpc) is 3.47. The van der Waals surface area contributed by atoms with Gasteiger partial charge in [0.2, 0.25) is 0 Å². The Morgan fingerprint density at radius 1 is 1.10 bits per heavy atom. The minimum Gasteiger partial charge on any atom is -0.496 e. The maximum Gasteiger partial charge on any atom is 0.419 e. The fourth-order valence-electron chi connectivity index (χ4n) is 5.22. The number of carbonyl (C=O) groups excluding carboxylic acids is 1. The lowest BCUT2D eigenvalue weighted by Crippen LogP contribution is -2.28. The molecule has 218 valence electrons. The van der Waals surface area contributed by atoms with Crippen LogP contribution in [0.1, 0.15) is 57.1 Å². The SMILES string of the molecule is COc1cc(C)c2c(ccn2C(=O)OC(C)(C)C)c1C(C)(C)c1nc2ccc(C#N)cc2n1COCC[Si](C)(C)C. The van der Waals surface area contributed by atoms with Gasteiger partial charge >= 0.3 is 6.09 Å². The van der Waals surface area contributed by atoms with Crippen molar-refractivity contribution in [3.63, 3.8) is 0 Å². The monoisotopic (exact) mass is 574 g/mol. The molecular weight excluding hydrogens is 532 g/mol. The number of fused-ring (bicyclic) bond motifs is 2. The topological polar surface area (TPSA) is 91.3 Å². The molecule has 2 heterocycles. The Hall–Kier alpha value is -3.61. The second kappa shape index (κ2) is 11.0. The molecule has 0 N–H and O–H groups in total. The quantitative estimate of drug-likeness (QED) is 0.159. The van der Waals surface area contributed by atoms with Crippen LogP contribution in [-0.2, 0) is 21.6 Å². The highest BCUT2D eigenvalue weighted by atomic mass is 28.3. The van der Waals surface area contributed by atoms with Crippen molar-refractivity contribution in [2.45, 2.75) is 85.0 Å². The second-order valence-corrected chi connectivity index (χ2v) is 19.0. The Morgan fingerprint density at radius 3 is 2.41 bits per heavy atom. The molecule has 41 heavy (non-hydrogen) atoms. The van der Waals surface area contributed by atoms with Gasteiger partial charge in [-0.15, -0.1) is 0 Å². The number of rotatable bonds is 8. The van der Waals surface area contributed by atoms with Crippen molar-refractivity contribution in [3.05, 3.63) is 59.0 Å². The van der Waals surface area contributed by atoms with Gasteiger partial charge in [0, 0.05) is 31.8 Å². The normalized spacial score (nSPS) is 12.6. The van der Waals surface area contributed by atoms with Crippen molar-refractivity contribution in [2.75, 3.05) is 13.7 Å². The fourth-order valence-corrected chi connectivity index (χ4v) is 5.98. The van der Waals surface area contributed by atoms with E-state index < -0.39 is 25.2 Å². The highest BCUT2D eigenvalue weighted by Crippen LogP contribution is 2.44. The van der Waals surface area contributed by atoms with Crippen LogP contribution in [0.2, 0.25) is 25.7 Å². The van der Waals surface area contributed by atoms with Crippen LogP contribution in [0, 0.1) is 18.3 Å². The molecule has 0 saturated heterocycles. The predicted octanol–water partition coefficient (Wildman–Crippen LogP) is 7.60. The van der Waals surface area contributed by atoms with E-state index in [9.17, 15) is 10.1 Å². The van der Waals surface area contributed by atoms with Gasteiger partial charge < -0.3 is 18.8 Å². The molecule has 4 rings (SSSR count). The summed E-state index contributed by atoms with van der Waals surface area (Å²) in [6, 6.07) is 12.7. The molecule has 0 saturated carbocycles. The average molecular weight is 575 g/mol. The number of aryl methyl sites for hydroxylation is 1. The number of nitrogens with zero attached hydrogens (tertiary/aromatic N) is 4. The van der Waals surface area contributed by atoms with Crippen molar-refractivity contribution in [1.82, 2.24) is 14.1 Å². The first-order valence-electron chi connectivity index (χ1n) is 14.0. The third-order valence-corrected chi connectivity index (χ3v) is 8.92. The smallest absolute Gasteiger partial charge is 0.419 e. The van der Waals surface area contributed by atoms with Crippen LogP contribution in [0.25, 0.3) is 21.9 Å². The Morgan fingerprint density at radius 2 is 1.80 bits per heavy atom. The molecule has 0 bridgehead atoms. The van der Waals surface area contributed by atoms with Crippen LogP contribution in [-0.4, -0.2) is 47.6 Å². The first-order valence-corrected chi connectivity index (χ1v) is 17.7. The summed E-state index contributed by atoms with van der Waals surface area (Å²) < 4.78 is 21.5. The zero-order chi connectivity index (χ0) is 30.3. The zero-order valence-corrected chi connectivity index (χ0v) is 27.0. The molecule has 0 radical (unpaired) electrons. The van der Waals surface area contributed by atoms with Gasteiger partial charge in [-0.05, 0) is 83.5 Å². The van der Waals surface area contributed by atoms with Gasteiger partial charge in [0.05, 0.1) is 40.7 Å². The highest BCUT2D eigenvalue weighted by molar-refractivity contribution is 6.76. The van der Waals surface area contributed by atoms with E-state index in [1.54, 1.807) is 23.9 Å². The summed E-state index contributed by atoms with van der Waals surface area (Å²) in [5.74, 6) is 1.49. The van der Waals surface area contributed by atoms with Gasteiger partial charge in [0.15, 0.2) is 0 Å². The number of benzene rings is 2. The van der Waals surface area contributed by atoms with Gasteiger partial charge in [-0.1, -0.05) is 19.6 Å². The number of hydrogen-bond acceptors (Lipinski definition) is 6. The molecule has 8 nitrogen and oxygen atoms in total. The van der Waals surface area contributed by atoms with E-state index in [1.807, 2.05) is 52.0 Å². The summed E-state index contributed by atoms with van der Waals surface area (Å²) in [5.41, 5.74) is 3.46. The van der Waals surface area contributed by atoms with Crippen molar-refractivity contribution in [2.24, 2.45) is 0 Å². The van der Waals surface area contributed by atoms with Crippen LogP contribution in [0.4, 0.5) is 4.79 Å². The number of imidazole rings is 1. The number of hydrogen-bond donors (Lipinski definition) is 0. The molecule has 0 spiro atoms. The molecule has 0 aliphatic carbocycles. The maximum atomic E-state index is 13.2.